The smallest absolute Gasteiger partial charge is 0.253 e. The summed E-state index contributed by atoms with van der Waals surface area (Å²) < 4.78 is 34.2. The Labute approximate surface area is 155 Å². The van der Waals surface area contributed by atoms with Crippen molar-refractivity contribution in [3.8, 4) is 0 Å². The number of piperidine rings is 1. The van der Waals surface area contributed by atoms with E-state index in [0.717, 1.165) is 5.82 Å². The van der Waals surface area contributed by atoms with E-state index in [1.807, 2.05) is 24.6 Å². The van der Waals surface area contributed by atoms with Gasteiger partial charge >= 0.3 is 0 Å². The predicted molar refractivity (Wildman–Crippen MR) is 97.0 cm³/mol. The molecule has 2 aliphatic heterocycles. The first-order valence-electron chi connectivity index (χ1n) is 9.33. The summed E-state index contributed by atoms with van der Waals surface area (Å²) in [7, 11) is -3.22. The molecule has 3 rings (SSSR count). The molecule has 1 saturated heterocycles. The molecule has 0 aromatic carbocycles. The summed E-state index contributed by atoms with van der Waals surface area (Å²) in [6.45, 7) is 8.06. The molecule has 1 unspecified atom stereocenters. The highest BCUT2D eigenvalue weighted by molar-refractivity contribution is 7.89. The number of hydrogen-bond acceptors (Lipinski definition) is 5. The number of imidazole rings is 1. The van der Waals surface area contributed by atoms with Crippen LogP contribution in [0.4, 0.5) is 0 Å². The van der Waals surface area contributed by atoms with Crippen molar-refractivity contribution < 1.29 is 17.9 Å². The van der Waals surface area contributed by atoms with Gasteiger partial charge in [0, 0.05) is 38.6 Å². The molecule has 1 spiro atoms. The fourth-order valence-electron chi connectivity index (χ4n) is 3.91. The van der Waals surface area contributed by atoms with E-state index >= 15 is 0 Å². The van der Waals surface area contributed by atoms with Gasteiger partial charge in [0.25, 0.3) is 5.91 Å². The van der Waals surface area contributed by atoms with E-state index < -0.39 is 21.7 Å². The van der Waals surface area contributed by atoms with Crippen LogP contribution >= 0.6 is 0 Å². The molecular formula is C17H28N4O4S. The molecule has 9 heteroatoms. The van der Waals surface area contributed by atoms with Gasteiger partial charge in [-0.3, -0.25) is 4.79 Å². The van der Waals surface area contributed by atoms with Gasteiger partial charge in [0.1, 0.15) is 11.4 Å². The number of sulfonamides is 1. The number of hydrogen-bond donors (Lipinski definition) is 0. The Morgan fingerprint density at radius 1 is 1.31 bits per heavy atom. The van der Waals surface area contributed by atoms with E-state index in [-0.39, 0.29) is 11.7 Å². The molecule has 1 aromatic rings. The van der Waals surface area contributed by atoms with Gasteiger partial charge < -0.3 is 14.2 Å². The van der Waals surface area contributed by atoms with Crippen LogP contribution in [0.25, 0.3) is 0 Å². The summed E-state index contributed by atoms with van der Waals surface area (Å²) in [5.74, 6) is 0.880. The van der Waals surface area contributed by atoms with Crippen LogP contribution in [0, 0.1) is 0 Å². The summed E-state index contributed by atoms with van der Waals surface area (Å²) in [6.07, 6.45) is 4.04. The molecule has 0 saturated carbocycles. The minimum Gasteiger partial charge on any atom is -0.352 e. The minimum atomic E-state index is -3.22. The first-order chi connectivity index (χ1) is 12.4. The number of carbonyl (C=O) groups excluding carboxylic acids is 1. The number of likely N-dealkylation sites (N-methyl/N-ethyl adjacent to an activating group) is 1. The van der Waals surface area contributed by atoms with Crippen molar-refractivity contribution >= 4 is 15.9 Å². The van der Waals surface area contributed by atoms with Crippen LogP contribution in [0.5, 0.6) is 0 Å². The number of fused-ring (bicyclic) bond motifs is 2. The second kappa shape index (κ2) is 7.28. The van der Waals surface area contributed by atoms with E-state index in [2.05, 4.69) is 4.98 Å². The van der Waals surface area contributed by atoms with Crippen molar-refractivity contribution in [2.24, 2.45) is 0 Å². The average Bonchev–Trinajstić information content (AvgIpc) is 3.12. The van der Waals surface area contributed by atoms with Gasteiger partial charge in [-0.05, 0) is 33.6 Å². The topological polar surface area (TPSA) is 84.7 Å². The van der Waals surface area contributed by atoms with Gasteiger partial charge in [0.15, 0.2) is 6.10 Å². The molecule has 26 heavy (non-hydrogen) atoms. The third-order valence-electron chi connectivity index (χ3n) is 5.49. The van der Waals surface area contributed by atoms with Gasteiger partial charge in [0.2, 0.25) is 10.0 Å². The average molecular weight is 385 g/mol. The summed E-state index contributed by atoms with van der Waals surface area (Å²) >= 11 is 0. The van der Waals surface area contributed by atoms with E-state index in [1.54, 1.807) is 18.0 Å². The number of nitrogens with zero attached hydrogens (tertiary/aromatic N) is 4. The lowest BCUT2D eigenvalue weighted by Gasteiger charge is -2.45. The van der Waals surface area contributed by atoms with E-state index in [0.29, 0.717) is 45.6 Å². The molecule has 1 amide bonds. The van der Waals surface area contributed by atoms with Crippen molar-refractivity contribution in [3.63, 3.8) is 0 Å². The molecule has 0 N–H and O–H groups in total. The molecule has 0 radical (unpaired) electrons. The highest BCUT2D eigenvalue weighted by Gasteiger charge is 2.48. The molecule has 3 heterocycles. The first-order valence-corrected chi connectivity index (χ1v) is 10.9. The lowest BCUT2D eigenvalue weighted by molar-refractivity contribution is -0.178. The van der Waals surface area contributed by atoms with Crippen LogP contribution in [0.1, 0.15) is 39.4 Å². The Bertz CT molecular complexity index is 749. The second-order valence-corrected chi connectivity index (χ2v) is 9.07. The maximum Gasteiger partial charge on any atom is 0.253 e. The van der Waals surface area contributed by atoms with Gasteiger partial charge in [-0.15, -0.1) is 0 Å². The van der Waals surface area contributed by atoms with Gasteiger partial charge in [0.05, 0.1) is 12.3 Å². The molecule has 0 bridgehead atoms. The summed E-state index contributed by atoms with van der Waals surface area (Å²) in [6, 6.07) is 0. The SMILES string of the molecule is CCN(CC)C(=O)C1Cn2ccnc2C2(CCN(S(=O)(=O)CC)CC2)O1. The quantitative estimate of drug-likeness (QED) is 0.749. The van der Waals surface area contributed by atoms with Crippen LogP contribution in [0.15, 0.2) is 12.4 Å². The fraction of sp³-hybridized carbons (Fsp3) is 0.765. The Morgan fingerprint density at radius 2 is 1.96 bits per heavy atom. The number of aromatic nitrogens is 2. The summed E-state index contributed by atoms with van der Waals surface area (Å²) in [4.78, 5) is 19.1. The van der Waals surface area contributed by atoms with Gasteiger partial charge in [-0.2, -0.15) is 0 Å². The van der Waals surface area contributed by atoms with Gasteiger partial charge in [-0.25, -0.2) is 17.7 Å². The molecule has 146 valence electrons. The molecule has 1 fully saturated rings. The lowest BCUT2D eigenvalue weighted by atomic mass is 9.89. The Hall–Kier alpha value is -1.45. The van der Waals surface area contributed by atoms with Crippen LogP contribution in [-0.4, -0.2) is 71.1 Å². The van der Waals surface area contributed by atoms with Crippen molar-refractivity contribution in [2.45, 2.75) is 51.9 Å². The van der Waals surface area contributed by atoms with E-state index in [9.17, 15) is 13.2 Å². The minimum absolute atomic E-state index is 0.0164. The third-order valence-corrected chi connectivity index (χ3v) is 7.37. The lowest BCUT2D eigenvalue weighted by Crippen LogP contribution is -2.55. The number of ether oxygens (including phenoxy) is 1. The zero-order valence-corrected chi connectivity index (χ0v) is 16.5. The van der Waals surface area contributed by atoms with E-state index in [1.165, 1.54) is 4.31 Å². The predicted octanol–water partition coefficient (Wildman–Crippen LogP) is 0.791. The number of carbonyl (C=O) groups is 1. The molecule has 2 aliphatic rings. The zero-order valence-electron chi connectivity index (χ0n) is 15.7. The van der Waals surface area contributed by atoms with Crippen LogP contribution in [0.2, 0.25) is 0 Å². The van der Waals surface area contributed by atoms with Crippen molar-refractivity contribution in [3.05, 3.63) is 18.2 Å². The Kier molecular flexibility index (Phi) is 5.41. The van der Waals surface area contributed by atoms with Crippen molar-refractivity contribution in [1.29, 1.82) is 0 Å². The second-order valence-electron chi connectivity index (χ2n) is 6.81. The van der Waals surface area contributed by atoms with Crippen molar-refractivity contribution in [1.82, 2.24) is 18.8 Å². The molecule has 1 aromatic heterocycles. The third kappa shape index (κ3) is 3.27. The number of rotatable bonds is 5. The molecular weight excluding hydrogens is 356 g/mol. The highest BCUT2D eigenvalue weighted by Crippen LogP contribution is 2.40. The maximum absolute atomic E-state index is 12.8. The zero-order chi connectivity index (χ0) is 18.9. The van der Waals surface area contributed by atoms with Crippen molar-refractivity contribution in [2.75, 3.05) is 31.9 Å². The number of amides is 1. The molecule has 0 aliphatic carbocycles. The largest absolute Gasteiger partial charge is 0.352 e. The van der Waals surface area contributed by atoms with Crippen LogP contribution in [0.3, 0.4) is 0 Å². The maximum atomic E-state index is 12.8. The first kappa shape index (κ1) is 19.3. The summed E-state index contributed by atoms with van der Waals surface area (Å²) in [5.41, 5.74) is -0.699. The molecule has 8 nitrogen and oxygen atoms in total. The standard InChI is InChI=1S/C17H28N4O4S/c1-4-19(5-2)15(22)14-13-20-12-9-18-16(20)17(25-14)7-10-21(11-8-17)26(23,24)6-3/h9,12,14H,4-8,10-11,13H2,1-3H3. The summed E-state index contributed by atoms with van der Waals surface area (Å²) in [5, 5.41) is 0. The van der Waals surface area contributed by atoms with Gasteiger partial charge in [-0.1, -0.05) is 0 Å². The van der Waals surface area contributed by atoms with Crippen LogP contribution in [-0.2, 0) is 31.7 Å². The monoisotopic (exact) mass is 384 g/mol. The molecule has 1 atom stereocenters. The highest BCUT2D eigenvalue weighted by atomic mass is 32.2. The fourth-order valence-corrected chi connectivity index (χ4v) is 5.02. The van der Waals surface area contributed by atoms with Crippen LogP contribution < -0.4 is 0 Å². The Balaban J connectivity index is 1.85. The van der Waals surface area contributed by atoms with E-state index in [4.69, 9.17) is 4.74 Å². The normalized spacial score (nSPS) is 23.0. The Morgan fingerprint density at radius 3 is 2.54 bits per heavy atom.